The molecule has 3 rings (SSSR count). The van der Waals surface area contributed by atoms with Crippen LogP contribution < -0.4 is 0 Å². The van der Waals surface area contributed by atoms with Gasteiger partial charge in [0.25, 0.3) is 0 Å². The summed E-state index contributed by atoms with van der Waals surface area (Å²) in [5.41, 5.74) is 1.83. The van der Waals surface area contributed by atoms with Gasteiger partial charge in [0, 0.05) is 38.1 Å². The molecule has 19 heavy (non-hydrogen) atoms. The molecule has 1 atom stereocenters. The van der Waals surface area contributed by atoms with Crippen molar-refractivity contribution in [2.45, 2.75) is 19.6 Å². The number of ether oxygens (including phenoxy) is 1. The van der Waals surface area contributed by atoms with Gasteiger partial charge in [-0.1, -0.05) is 5.16 Å². The van der Waals surface area contributed by atoms with Crippen LogP contribution in [-0.2, 0) is 11.3 Å². The molecular formula is C13H16N4O2. The molecule has 0 amide bonds. The fourth-order valence-electron chi connectivity index (χ4n) is 2.22. The van der Waals surface area contributed by atoms with Crippen molar-refractivity contribution in [2.75, 3.05) is 19.7 Å². The summed E-state index contributed by atoms with van der Waals surface area (Å²) >= 11 is 0. The quantitative estimate of drug-likeness (QED) is 0.830. The monoisotopic (exact) mass is 260 g/mol. The Kier molecular flexibility index (Phi) is 3.52. The Bertz CT molecular complexity index is 528. The molecule has 6 nitrogen and oxygen atoms in total. The van der Waals surface area contributed by atoms with Crippen LogP contribution >= 0.6 is 0 Å². The van der Waals surface area contributed by atoms with Crippen LogP contribution in [-0.4, -0.2) is 39.7 Å². The molecule has 6 heteroatoms. The highest BCUT2D eigenvalue weighted by Gasteiger charge is 2.23. The Morgan fingerprint density at radius 3 is 3.11 bits per heavy atom. The zero-order chi connectivity index (χ0) is 13.1. The van der Waals surface area contributed by atoms with Gasteiger partial charge in [-0.2, -0.15) is 0 Å². The number of hydrogen-bond donors (Lipinski definition) is 0. The Hall–Kier alpha value is -1.79. The summed E-state index contributed by atoms with van der Waals surface area (Å²) in [6, 6.07) is 1.97. The van der Waals surface area contributed by atoms with Crippen molar-refractivity contribution in [2.24, 2.45) is 0 Å². The van der Waals surface area contributed by atoms with Crippen molar-refractivity contribution >= 4 is 0 Å². The zero-order valence-electron chi connectivity index (χ0n) is 10.8. The summed E-state index contributed by atoms with van der Waals surface area (Å²) in [6.07, 6.45) is 5.10. The summed E-state index contributed by atoms with van der Waals surface area (Å²) in [7, 11) is 0. The molecule has 0 aliphatic carbocycles. The van der Waals surface area contributed by atoms with Crippen molar-refractivity contribution in [1.82, 2.24) is 20.0 Å². The lowest BCUT2D eigenvalue weighted by molar-refractivity contribution is -0.0357. The summed E-state index contributed by atoms with van der Waals surface area (Å²) < 4.78 is 10.8. The molecule has 1 saturated heterocycles. The first-order valence-corrected chi connectivity index (χ1v) is 6.33. The largest absolute Gasteiger partial charge is 0.369 e. The number of aryl methyl sites for hydroxylation is 1. The van der Waals surface area contributed by atoms with Crippen LogP contribution in [0.15, 0.2) is 29.2 Å². The van der Waals surface area contributed by atoms with Crippen molar-refractivity contribution in [1.29, 1.82) is 0 Å². The molecule has 2 aromatic heterocycles. The van der Waals surface area contributed by atoms with E-state index >= 15 is 0 Å². The van der Waals surface area contributed by atoms with Crippen LogP contribution in [0.1, 0.15) is 23.3 Å². The Morgan fingerprint density at radius 2 is 2.37 bits per heavy atom. The zero-order valence-corrected chi connectivity index (χ0v) is 10.8. The molecular weight excluding hydrogens is 244 g/mol. The number of aromatic nitrogens is 3. The van der Waals surface area contributed by atoms with Gasteiger partial charge < -0.3 is 9.26 Å². The Labute approximate surface area is 111 Å². The first kappa shape index (κ1) is 12.3. The van der Waals surface area contributed by atoms with Gasteiger partial charge in [-0.15, -0.1) is 0 Å². The van der Waals surface area contributed by atoms with Gasteiger partial charge in [-0.3, -0.25) is 14.9 Å². The highest BCUT2D eigenvalue weighted by atomic mass is 16.5. The van der Waals surface area contributed by atoms with Crippen LogP contribution in [0, 0.1) is 6.92 Å². The van der Waals surface area contributed by atoms with Crippen molar-refractivity contribution in [3.05, 3.63) is 41.8 Å². The maximum Gasteiger partial charge on any atom is 0.133 e. The third kappa shape index (κ3) is 2.97. The van der Waals surface area contributed by atoms with Gasteiger partial charge in [0.1, 0.15) is 11.9 Å². The van der Waals surface area contributed by atoms with E-state index in [1.807, 2.05) is 13.0 Å². The van der Waals surface area contributed by atoms with E-state index in [0.717, 1.165) is 36.8 Å². The molecule has 0 saturated carbocycles. The lowest BCUT2D eigenvalue weighted by atomic mass is 10.2. The van der Waals surface area contributed by atoms with Gasteiger partial charge >= 0.3 is 0 Å². The summed E-state index contributed by atoms with van der Waals surface area (Å²) in [4.78, 5) is 10.7. The summed E-state index contributed by atoms with van der Waals surface area (Å²) in [5.74, 6) is 0.841. The van der Waals surface area contributed by atoms with Gasteiger partial charge in [0.2, 0.25) is 0 Å². The van der Waals surface area contributed by atoms with E-state index in [1.165, 1.54) is 0 Å². The van der Waals surface area contributed by atoms with E-state index in [0.29, 0.717) is 6.61 Å². The fourth-order valence-corrected chi connectivity index (χ4v) is 2.22. The molecule has 1 fully saturated rings. The second-order valence-electron chi connectivity index (χ2n) is 4.65. The molecule has 3 heterocycles. The average molecular weight is 260 g/mol. The van der Waals surface area contributed by atoms with E-state index in [9.17, 15) is 0 Å². The second kappa shape index (κ2) is 5.46. The van der Waals surface area contributed by atoms with Gasteiger partial charge in [0.05, 0.1) is 24.2 Å². The molecule has 0 spiro atoms. The number of morpholine rings is 1. The minimum absolute atomic E-state index is 0.0181. The molecule has 0 N–H and O–H groups in total. The average Bonchev–Trinajstić information content (AvgIpc) is 2.85. The topological polar surface area (TPSA) is 64.3 Å². The molecule has 0 bridgehead atoms. The predicted molar refractivity (Wildman–Crippen MR) is 67.2 cm³/mol. The van der Waals surface area contributed by atoms with Crippen LogP contribution in [0.5, 0.6) is 0 Å². The Morgan fingerprint density at radius 1 is 1.42 bits per heavy atom. The standard InChI is InChI=1S/C13H16N4O2/c1-10-6-11(16-19-10)8-17-4-5-18-13(9-17)12-7-14-2-3-15-12/h2-3,6-7,13H,4-5,8-9H2,1H3/t13-/m0/s1. The molecule has 0 aromatic carbocycles. The highest BCUT2D eigenvalue weighted by molar-refractivity contribution is 5.05. The normalized spacial score (nSPS) is 20.6. The number of rotatable bonds is 3. The van der Waals surface area contributed by atoms with Crippen molar-refractivity contribution < 1.29 is 9.26 Å². The van der Waals surface area contributed by atoms with Gasteiger partial charge in [0.15, 0.2) is 0 Å². The minimum atomic E-state index is -0.0181. The second-order valence-corrected chi connectivity index (χ2v) is 4.65. The molecule has 1 aliphatic heterocycles. The fraction of sp³-hybridized carbons (Fsp3) is 0.462. The van der Waals surface area contributed by atoms with Crippen LogP contribution in [0.2, 0.25) is 0 Å². The van der Waals surface area contributed by atoms with E-state index in [4.69, 9.17) is 9.26 Å². The van der Waals surface area contributed by atoms with E-state index in [-0.39, 0.29) is 6.10 Å². The van der Waals surface area contributed by atoms with Gasteiger partial charge in [-0.05, 0) is 6.92 Å². The van der Waals surface area contributed by atoms with Crippen molar-refractivity contribution in [3.8, 4) is 0 Å². The molecule has 1 aliphatic rings. The highest BCUT2D eigenvalue weighted by Crippen LogP contribution is 2.20. The lowest BCUT2D eigenvalue weighted by Gasteiger charge is -2.31. The van der Waals surface area contributed by atoms with Crippen LogP contribution in [0.4, 0.5) is 0 Å². The lowest BCUT2D eigenvalue weighted by Crippen LogP contribution is -2.38. The predicted octanol–water partition coefficient (Wildman–Crippen LogP) is 1.35. The van der Waals surface area contributed by atoms with Crippen molar-refractivity contribution in [3.63, 3.8) is 0 Å². The van der Waals surface area contributed by atoms with Gasteiger partial charge in [-0.25, -0.2) is 0 Å². The first-order chi connectivity index (χ1) is 9.31. The maximum atomic E-state index is 5.75. The SMILES string of the molecule is Cc1cc(CN2CCO[C@H](c3cnccn3)C2)no1. The third-order valence-electron chi connectivity index (χ3n) is 3.13. The summed E-state index contributed by atoms with van der Waals surface area (Å²) in [5, 5.41) is 4.02. The minimum Gasteiger partial charge on any atom is -0.369 e. The molecule has 0 unspecified atom stereocenters. The molecule has 2 aromatic rings. The van der Waals surface area contributed by atoms with Crippen LogP contribution in [0.25, 0.3) is 0 Å². The smallest absolute Gasteiger partial charge is 0.133 e. The number of nitrogens with zero attached hydrogens (tertiary/aromatic N) is 4. The number of hydrogen-bond acceptors (Lipinski definition) is 6. The molecule has 100 valence electrons. The van der Waals surface area contributed by atoms with E-state index in [1.54, 1.807) is 18.6 Å². The van der Waals surface area contributed by atoms with E-state index < -0.39 is 0 Å². The first-order valence-electron chi connectivity index (χ1n) is 6.33. The maximum absolute atomic E-state index is 5.75. The third-order valence-corrected chi connectivity index (χ3v) is 3.13. The molecule has 0 radical (unpaired) electrons. The Balaban J connectivity index is 1.65. The van der Waals surface area contributed by atoms with Crippen LogP contribution in [0.3, 0.4) is 0 Å². The summed E-state index contributed by atoms with van der Waals surface area (Å²) in [6.45, 7) is 5.06. The van der Waals surface area contributed by atoms with E-state index in [2.05, 4.69) is 20.0 Å².